The highest BCUT2D eigenvalue weighted by atomic mass is 16.5. The lowest BCUT2D eigenvalue weighted by Crippen LogP contribution is -2.35. The zero-order chi connectivity index (χ0) is 12.0. The molecule has 16 heavy (non-hydrogen) atoms. The van der Waals surface area contributed by atoms with Gasteiger partial charge in [0.05, 0.1) is 13.1 Å². The molecule has 0 atom stereocenters. The van der Waals surface area contributed by atoms with E-state index < -0.39 is 0 Å². The summed E-state index contributed by atoms with van der Waals surface area (Å²) in [5, 5.41) is 9.46. The molecule has 0 saturated carbocycles. The molecule has 1 amide bonds. The SMILES string of the molecule is Cc1nc(CNCC(=O)NCC(C)C)no1. The highest BCUT2D eigenvalue weighted by Gasteiger charge is 2.04. The molecule has 1 aromatic rings. The normalized spacial score (nSPS) is 10.8. The number of hydrogen-bond donors (Lipinski definition) is 2. The predicted octanol–water partition coefficient (Wildman–Crippen LogP) is 0.240. The molecule has 0 aliphatic heterocycles. The molecule has 0 fully saturated rings. The lowest BCUT2D eigenvalue weighted by molar-refractivity contribution is -0.120. The molecular weight excluding hydrogens is 208 g/mol. The molecule has 6 heteroatoms. The first-order valence-corrected chi connectivity index (χ1v) is 5.34. The van der Waals surface area contributed by atoms with Crippen molar-refractivity contribution in [2.24, 2.45) is 5.92 Å². The zero-order valence-electron chi connectivity index (χ0n) is 9.91. The van der Waals surface area contributed by atoms with Gasteiger partial charge in [-0.2, -0.15) is 4.98 Å². The summed E-state index contributed by atoms with van der Waals surface area (Å²) in [7, 11) is 0. The molecule has 0 radical (unpaired) electrons. The zero-order valence-corrected chi connectivity index (χ0v) is 9.91. The molecular formula is C10H18N4O2. The van der Waals surface area contributed by atoms with E-state index in [1.807, 2.05) is 0 Å². The number of nitrogens with one attached hydrogen (secondary N) is 2. The van der Waals surface area contributed by atoms with E-state index in [-0.39, 0.29) is 12.5 Å². The first-order chi connectivity index (χ1) is 7.58. The summed E-state index contributed by atoms with van der Waals surface area (Å²) < 4.78 is 4.80. The molecule has 0 aliphatic carbocycles. The van der Waals surface area contributed by atoms with Gasteiger partial charge in [-0.05, 0) is 5.92 Å². The smallest absolute Gasteiger partial charge is 0.233 e. The van der Waals surface area contributed by atoms with Gasteiger partial charge in [0.25, 0.3) is 0 Å². The van der Waals surface area contributed by atoms with Crippen LogP contribution in [0.2, 0.25) is 0 Å². The molecule has 0 aromatic carbocycles. The van der Waals surface area contributed by atoms with E-state index in [1.165, 1.54) is 0 Å². The van der Waals surface area contributed by atoms with Crippen molar-refractivity contribution in [3.63, 3.8) is 0 Å². The van der Waals surface area contributed by atoms with Crippen molar-refractivity contribution in [3.8, 4) is 0 Å². The van der Waals surface area contributed by atoms with Crippen LogP contribution < -0.4 is 10.6 Å². The van der Waals surface area contributed by atoms with Gasteiger partial charge in [-0.15, -0.1) is 0 Å². The molecule has 0 spiro atoms. The Morgan fingerprint density at radius 2 is 2.25 bits per heavy atom. The first kappa shape index (κ1) is 12.6. The van der Waals surface area contributed by atoms with Crippen molar-refractivity contribution in [1.29, 1.82) is 0 Å². The van der Waals surface area contributed by atoms with Crippen LogP contribution in [0.4, 0.5) is 0 Å². The molecule has 1 rings (SSSR count). The second-order valence-electron chi connectivity index (χ2n) is 4.03. The Hall–Kier alpha value is -1.43. The first-order valence-electron chi connectivity index (χ1n) is 5.34. The number of aromatic nitrogens is 2. The maximum absolute atomic E-state index is 11.3. The molecule has 0 saturated heterocycles. The van der Waals surface area contributed by atoms with Gasteiger partial charge >= 0.3 is 0 Å². The fraction of sp³-hybridized carbons (Fsp3) is 0.700. The van der Waals surface area contributed by atoms with Gasteiger partial charge < -0.3 is 15.2 Å². The third kappa shape index (κ3) is 4.88. The van der Waals surface area contributed by atoms with Gasteiger partial charge in [-0.3, -0.25) is 4.79 Å². The van der Waals surface area contributed by atoms with Crippen molar-refractivity contribution in [3.05, 3.63) is 11.7 Å². The predicted molar refractivity (Wildman–Crippen MR) is 58.6 cm³/mol. The Morgan fingerprint density at radius 3 is 2.81 bits per heavy atom. The summed E-state index contributed by atoms with van der Waals surface area (Å²) >= 11 is 0. The minimum Gasteiger partial charge on any atom is -0.355 e. The number of carbonyl (C=O) groups is 1. The summed E-state index contributed by atoms with van der Waals surface area (Å²) in [6.45, 7) is 7.23. The van der Waals surface area contributed by atoms with Gasteiger partial charge in [-0.1, -0.05) is 19.0 Å². The highest BCUT2D eigenvalue weighted by molar-refractivity contribution is 5.77. The van der Waals surface area contributed by atoms with Gasteiger partial charge in [0.1, 0.15) is 0 Å². The Kier molecular flexibility index (Phi) is 4.91. The second-order valence-corrected chi connectivity index (χ2v) is 4.03. The topological polar surface area (TPSA) is 80.0 Å². The molecule has 1 heterocycles. The highest BCUT2D eigenvalue weighted by Crippen LogP contribution is 1.93. The van der Waals surface area contributed by atoms with Crippen molar-refractivity contribution < 1.29 is 9.32 Å². The summed E-state index contributed by atoms with van der Waals surface area (Å²) in [5.74, 6) is 1.54. The lowest BCUT2D eigenvalue weighted by atomic mass is 10.2. The van der Waals surface area contributed by atoms with Crippen molar-refractivity contribution in [1.82, 2.24) is 20.8 Å². The Morgan fingerprint density at radius 1 is 1.50 bits per heavy atom. The van der Waals surface area contributed by atoms with Crippen LogP contribution in [0.5, 0.6) is 0 Å². The lowest BCUT2D eigenvalue weighted by Gasteiger charge is -2.07. The monoisotopic (exact) mass is 226 g/mol. The molecule has 0 aliphatic rings. The van der Waals surface area contributed by atoms with Crippen molar-refractivity contribution >= 4 is 5.91 Å². The minimum atomic E-state index is -0.0195. The number of nitrogens with zero attached hydrogens (tertiary/aromatic N) is 2. The Balaban J connectivity index is 2.13. The van der Waals surface area contributed by atoms with E-state index in [0.29, 0.717) is 30.7 Å². The maximum atomic E-state index is 11.3. The van der Waals surface area contributed by atoms with E-state index in [9.17, 15) is 4.79 Å². The Labute approximate surface area is 94.8 Å². The average molecular weight is 226 g/mol. The van der Waals surface area contributed by atoms with Crippen LogP contribution in [0.1, 0.15) is 25.6 Å². The quantitative estimate of drug-likeness (QED) is 0.726. The standard InChI is InChI=1S/C10H18N4O2/c1-7(2)4-12-10(15)6-11-5-9-13-8(3)16-14-9/h7,11H,4-6H2,1-3H3,(H,12,15). The van der Waals surface area contributed by atoms with Crippen LogP contribution in [0, 0.1) is 12.8 Å². The molecule has 0 unspecified atom stereocenters. The third-order valence-corrected chi connectivity index (χ3v) is 1.85. The van der Waals surface area contributed by atoms with Crippen LogP contribution >= 0.6 is 0 Å². The van der Waals surface area contributed by atoms with Gasteiger partial charge in [0, 0.05) is 13.5 Å². The van der Waals surface area contributed by atoms with Crippen LogP contribution in [0.15, 0.2) is 4.52 Å². The number of amides is 1. The molecule has 2 N–H and O–H groups in total. The number of rotatable bonds is 6. The fourth-order valence-corrected chi connectivity index (χ4v) is 1.08. The third-order valence-electron chi connectivity index (χ3n) is 1.85. The molecule has 6 nitrogen and oxygen atoms in total. The average Bonchev–Trinajstić information content (AvgIpc) is 2.61. The van der Waals surface area contributed by atoms with Gasteiger partial charge in [0.2, 0.25) is 11.8 Å². The molecule has 0 bridgehead atoms. The van der Waals surface area contributed by atoms with Crippen LogP contribution in [0.25, 0.3) is 0 Å². The van der Waals surface area contributed by atoms with Crippen LogP contribution in [-0.2, 0) is 11.3 Å². The fourth-order valence-electron chi connectivity index (χ4n) is 1.08. The second kappa shape index (κ2) is 6.22. The van der Waals surface area contributed by atoms with E-state index >= 15 is 0 Å². The van der Waals surface area contributed by atoms with E-state index in [0.717, 1.165) is 0 Å². The van der Waals surface area contributed by atoms with E-state index in [2.05, 4.69) is 34.6 Å². The summed E-state index contributed by atoms with van der Waals surface area (Å²) in [6, 6.07) is 0. The largest absolute Gasteiger partial charge is 0.355 e. The van der Waals surface area contributed by atoms with E-state index in [1.54, 1.807) is 6.92 Å². The van der Waals surface area contributed by atoms with Crippen molar-refractivity contribution in [2.75, 3.05) is 13.1 Å². The van der Waals surface area contributed by atoms with Gasteiger partial charge in [0.15, 0.2) is 5.82 Å². The summed E-state index contributed by atoms with van der Waals surface area (Å²) in [4.78, 5) is 15.3. The molecule has 1 aromatic heterocycles. The minimum absolute atomic E-state index is 0.0195. The van der Waals surface area contributed by atoms with E-state index in [4.69, 9.17) is 4.52 Å². The number of carbonyl (C=O) groups excluding carboxylic acids is 1. The molecule has 90 valence electrons. The summed E-state index contributed by atoms with van der Waals surface area (Å²) in [6.07, 6.45) is 0. The Bertz CT molecular complexity index is 335. The van der Waals surface area contributed by atoms with Crippen LogP contribution in [0.3, 0.4) is 0 Å². The number of hydrogen-bond acceptors (Lipinski definition) is 5. The maximum Gasteiger partial charge on any atom is 0.233 e. The van der Waals surface area contributed by atoms with Gasteiger partial charge in [-0.25, -0.2) is 0 Å². The van der Waals surface area contributed by atoms with Crippen molar-refractivity contribution in [2.45, 2.75) is 27.3 Å². The summed E-state index contributed by atoms with van der Waals surface area (Å²) in [5.41, 5.74) is 0. The van der Waals surface area contributed by atoms with Crippen LogP contribution in [-0.4, -0.2) is 29.1 Å². The number of aryl methyl sites for hydroxylation is 1.